The second-order valence-corrected chi connectivity index (χ2v) is 11.8. The minimum Gasteiger partial charge on any atom is -0.228 e. The monoisotopic (exact) mass is 641 g/mol. The molecule has 7 aromatic carbocycles. The fourth-order valence-electron chi connectivity index (χ4n) is 6.59. The normalized spacial score (nSPS) is 17.8. The van der Waals surface area contributed by atoms with Crippen molar-refractivity contribution in [2.75, 3.05) is 0 Å². The molecule has 8 aromatic rings. The molecule has 0 atom stereocenters. The molecule has 0 radical (unpaired) electrons. The summed E-state index contributed by atoms with van der Waals surface area (Å²) >= 11 is 0. The van der Waals surface area contributed by atoms with Crippen molar-refractivity contribution >= 4 is 10.8 Å². The zero-order valence-corrected chi connectivity index (χ0v) is 25.9. The van der Waals surface area contributed by atoms with E-state index < -0.39 is 84.6 Å². The Morgan fingerprint density at radius 1 is 0.449 bits per heavy atom. The maximum atomic E-state index is 9.18. The predicted octanol–water partition coefficient (Wildman–Crippen LogP) is 12.3. The SMILES string of the molecule is [2H]c1c([2H])c([2H])c(-c2c([2H])c([2H])c(-c3cc(-c4ccc(-c5ccc6c(c5)C(C([2H])([2H])[2H])(C([2H])([2H])[2H])c5ccccc5-6)c5ccccc45)nc(-c4ccccc4)n3)c([2H])c2[2H])c([2H])c1[2H]. The van der Waals surface area contributed by atoms with Crippen LogP contribution in [-0.2, 0) is 5.41 Å². The lowest BCUT2D eigenvalue weighted by atomic mass is 9.81. The first kappa shape index (κ1) is 17.3. The Morgan fingerprint density at radius 3 is 1.86 bits per heavy atom. The van der Waals surface area contributed by atoms with Crippen molar-refractivity contribution in [1.82, 2.24) is 9.97 Å². The Labute approximate surface area is 308 Å². The van der Waals surface area contributed by atoms with E-state index in [1.165, 1.54) is 0 Å². The largest absolute Gasteiger partial charge is 0.228 e. The van der Waals surface area contributed by atoms with Gasteiger partial charge < -0.3 is 0 Å². The summed E-state index contributed by atoms with van der Waals surface area (Å²) in [5.41, 5.74) is 0.948. The molecule has 2 heteroatoms. The molecular weight excluding hydrogens is 593 g/mol. The number of hydrogen-bond donors (Lipinski definition) is 0. The Balaban J connectivity index is 1.25. The van der Waals surface area contributed by atoms with Crippen molar-refractivity contribution < 1.29 is 20.6 Å². The van der Waals surface area contributed by atoms with Gasteiger partial charge in [0.2, 0.25) is 0 Å². The third kappa shape index (κ3) is 4.96. The van der Waals surface area contributed by atoms with Crippen LogP contribution in [0.5, 0.6) is 0 Å². The maximum absolute atomic E-state index is 9.18. The van der Waals surface area contributed by atoms with Gasteiger partial charge >= 0.3 is 0 Å². The summed E-state index contributed by atoms with van der Waals surface area (Å²) in [4.78, 5) is 9.71. The minimum absolute atomic E-state index is 0.0329. The summed E-state index contributed by atoms with van der Waals surface area (Å²) in [5, 5.41) is 1.42. The van der Waals surface area contributed by atoms with E-state index in [1.54, 1.807) is 66.7 Å². The molecule has 0 N–H and O–H groups in total. The topological polar surface area (TPSA) is 25.8 Å². The van der Waals surface area contributed by atoms with Crippen molar-refractivity contribution in [3.8, 4) is 67.3 Å². The Bertz CT molecular complexity index is 3180. The van der Waals surface area contributed by atoms with Crippen LogP contribution in [0.15, 0.2) is 170 Å². The average molecular weight is 642 g/mol. The molecule has 0 aliphatic heterocycles. The van der Waals surface area contributed by atoms with Crippen molar-refractivity contribution in [1.29, 1.82) is 0 Å². The van der Waals surface area contributed by atoms with Crippen LogP contribution in [-0.4, -0.2) is 9.97 Å². The highest BCUT2D eigenvalue weighted by molar-refractivity contribution is 6.05. The second kappa shape index (κ2) is 11.5. The standard InChI is InChI=1S/C47H34N2/c1-47(2)42-20-12-11-19-39(42)40-26-25-35(29-43(40)47)36-27-28-41(38-18-10-9-17-37(36)38)45-30-44(48-46(49-45)34-15-7-4-8-16-34)33-23-21-32(22-24-33)31-13-5-3-6-14-31/h3-30H,1-2H3/i1D3,2D3,3D,5D,6D,13D,14D,21D,22D,23D,24D. The van der Waals surface area contributed by atoms with E-state index in [-0.39, 0.29) is 28.2 Å². The molecule has 0 saturated carbocycles. The number of fused-ring (bicyclic) bond motifs is 4. The molecule has 1 aliphatic rings. The second-order valence-electron chi connectivity index (χ2n) is 11.8. The van der Waals surface area contributed by atoms with Crippen LogP contribution in [0.1, 0.15) is 45.4 Å². The van der Waals surface area contributed by atoms with Gasteiger partial charge in [0.1, 0.15) is 0 Å². The highest BCUT2D eigenvalue weighted by atomic mass is 14.9. The van der Waals surface area contributed by atoms with Gasteiger partial charge in [-0.1, -0.05) is 171 Å². The van der Waals surface area contributed by atoms with Gasteiger partial charge in [-0.15, -0.1) is 0 Å². The Morgan fingerprint density at radius 2 is 1.06 bits per heavy atom. The fraction of sp³-hybridized carbons (Fsp3) is 0.0638. The van der Waals surface area contributed by atoms with Crippen LogP contribution in [0.25, 0.3) is 78.1 Å². The molecule has 0 amide bonds. The molecule has 232 valence electrons. The summed E-state index contributed by atoms with van der Waals surface area (Å²) in [6.07, 6.45) is 0. The lowest BCUT2D eigenvalue weighted by molar-refractivity contribution is 0.660. The smallest absolute Gasteiger partial charge is 0.160 e. The van der Waals surface area contributed by atoms with Gasteiger partial charge in [-0.3, -0.25) is 0 Å². The summed E-state index contributed by atoms with van der Waals surface area (Å²) in [6.45, 7) is -5.88. The van der Waals surface area contributed by atoms with Gasteiger partial charge in [-0.25, -0.2) is 9.97 Å². The van der Waals surface area contributed by atoms with Crippen LogP contribution >= 0.6 is 0 Å². The summed E-state index contributed by atoms with van der Waals surface area (Å²) in [7, 11) is 0. The van der Waals surface area contributed by atoms with Crippen LogP contribution in [0.3, 0.4) is 0 Å². The number of benzene rings is 7. The Hall–Kier alpha value is -6.12. The first-order valence-electron chi connectivity index (χ1n) is 23.2. The Kier molecular flexibility index (Phi) is 4.08. The van der Waals surface area contributed by atoms with Gasteiger partial charge in [-0.2, -0.15) is 0 Å². The molecule has 49 heavy (non-hydrogen) atoms. The summed E-state index contributed by atoms with van der Waals surface area (Å²) in [5.74, 6) is 0.205. The number of nitrogens with zero attached hydrogens (tertiary/aromatic N) is 2. The fourth-order valence-corrected chi connectivity index (χ4v) is 6.59. The van der Waals surface area contributed by atoms with Crippen LogP contribution < -0.4 is 0 Å². The average Bonchev–Trinajstić information content (AvgIpc) is 3.59. The van der Waals surface area contributed by atoms with Gasteiger partial charge in [0.05, 0.1) is 23.7 Å². The van der Waals surface area contributed by atoms with E-state index in [1.807, 2.05) is 48.5 Å². The van der Waals surface area contributed by atoms with Gasteiger partial charge in [-0.05, 0) is 67.4 Å². The molecule has 0 spiro atoms. The van der Waals surface area contributed by atoms with Crippen LogP contribution in [0.4, 0.5) is 0 Å². The predicted molar refractivity (Wildman–Crippen MR) is 204 cm³/mol. The summed E-state index contributed by atoms with van der Waals surface area (Å²) < 4.78 is 130. The first-order valence-corrected chi connectivity index (χ1v) is 15.7. The summed E-state index contributed by atoms with van der Waals surface area (Å²) in [6, 6.07) is 28.0. The minimum atomic E-state index is -2.94. The maximum Gasteiger partial charge on any atom is 0.160 e. The van der Waals surface area contributed by atoms with Gasteiger partial charge in [0, 0.05) is 30.3 Å². The van der Waals surface area contributed by atoms with Crippen LogP contribution in [0.2, 0.25) is 0 Å². The number of hydrogen-bond acceptors (Lipinski definition) is 2. The molecule has 0 unspecified atom stereocenters. The molecule has 1 aromatic heterocycles. The zero-order chi connectivity index (χ0) is 45.8. The lowest BCUT2D eigenvalue weighted by Gasteiger charge is -2.22. The third-order valence-electron chi connectivity index (χ3n) is 8.95. The van der Waals surface area contributed by atoms with E-state index in [4.69, 9.17) is 27.8 Å². The van der Waals surface area contributed by atoms with Crippen molar-refractivity contribution in [2.45, 2.75) is 19.1 Å². The lowest BCUT2D eigenvalue weighted by Crippen LogP contribution is -2.14. The molecule has 9 rings (SSSR count). The van der Waals surface area contributed by atoms with Gasteiger partial charge in [0.25, 0.3) is 0 Å². The molecule has 1 aliphatic carbocycles. The van der Waals surface area contributed by atoms with E-state index in [0.717, 1.165) is 5.39 Å². The third-order valence-corrected chi connectivity index (χ3v) is 8.95. The van der Waals surface area contributed by atoms with E-state index in [0.29, 0.717) is 44.5 Å². The highest BCUT2D eigenvalue weighted by Crippen LogP contribution is 2.50. The van der Waals surface area contributed by atoms with Crippen molar-refractivity contribution in [3.63, 3.8) is 0 Å². The van der Waals surface area contributed by atoms with E-state index >= 15 is 0 Å². The quantitative estimate of drug-likeness (QED) is 0.187. The number of rotatable bonds is 5. The van der Waals surface area contributed by atoms with Crippen molar-refractivity contribution in [2.24, 2.45) is 0 Å². The molecule has 0 saturated heterocycles. The van der Waals surface area contributed by atoms with Gasteiger partial charge in [0.15, 0.2) is 5.82 Å². The molecule has 2 nitrogen and oxygen atoms in total. The molecular formula is C47H34N2. The molecule has 0 fully saturated rings. The first-order chi connectivity index (χ1) is 30.3. The zero-order valence-electron chi connectivity index (χ0n) is 40.9. The van der Waals surface area contributed by atoms with Crippen molar-refractivity contribution in [3.05, 3.63) is 181 Å². The molecule has 0 bridgehead atoms. The highest BCUT2D eigenvalue weighted by Gasteiger charge is 2.35. The number of aromatic nitrogens is 2. The van der Waals surface area contributed by atoms with Crippen LogP contribution in [0, 0.1) is 0 Å². The van der Waals surface area contributed by atoms with E-state index in [2.05, 4.69) is 0 Å². The van der Waals surface area contributed by atoms with E-state index in [9.17, 15) is 2.74 Å². The molecule has 1 heterocycles.